The molecule has 0 radical (unpaired) electrons. The van der Waals surface area contributed by atoms with Gasteiger partial charge in [-0.2, -0.15) is 0 Å². The highest BCUT2D eigenvalue weighted by atomic mass is 16.6. The number of ketones is 1. The minimum Gasteiger partial charge on any atom is -0.494 e. The Labute approximate surface area is 191 Å². The summed E-state index contributed by atoms with van der Waals surface area (Å²) in [5, 5.41) is 3.36. The van der Waals surface area contributed by atoms with Crippen molar-refractivity contribution in [2.75, 3.05) is 19.8 Å². The fourth-order valence-corrected chi connectivity index (χ4v) is 4.46. The lowest BCUT2D eigenvalue weighted by molar-refractivity contribution is -0.141. The third-order valence-corrected chi connectivity index (χ3v) is 5.75. The number of dihydropyridines is 1. The van der Waals surface area contributed by atoms with Gasteiger partial charge in [0.1, 0.15) is 12.4 Å². The fraction of sp³-hybridized carbons (Fsp3) is 0.538. The van der Waals surface area contributed by atoms with Gasteiger partial charge < -0.3 is 19.5 Å². The van der Waals surface area contributed by atoms with E-state index in [-0.39, 0.29) is 23.9 Å². The van der Waals surface area contributed by atoms with Crippen molar-refractivity contribution in [2.24, 2.45) is 5.41 Å². The van der Waals surface area contributed by atoms with E-state index >= 15 is 0 Å². The molecule has 1 aliphatic carbocycles. The summed E-state index contributed by atoms with van der Waals surface area (Å²) in [5.74, 6) is -0.0656. The first-order valence-electron chi connectivity index (χ1n) is 11.4. The Morgan fingerprint density at radius 3 is 2.47 bits per heavy atom. The molecule has 174 valence electrons. The van der Waals surface area contributed by atoms with Gasteiger partial charge in [0.2, 0.25) is 0 Å². The quantitative estimate of drug-likeness (QED) is 0.467. The Morgan fingerprint density at radius 1 is 1.16 bits per heavy atom. The Bertz CT molecular complexity index is 924. The molecule has 6 nitrogen and oxygen atoms in total. The molecule has 0 spiro atoms. The summed E-state index contributed by atoms with van der Waals surface area (Å²) in [5.41, 5.74) is 3.53. The van der Waals surface area contributed by atoms with Crippen molar-refractivity contribution in [3.63, 3.8) is 0 Å². The topological polar surface area (TPSA) is 73.9 Å². The number of hydrogen-bond donors (Lipinski definition) is 1. The molecule has 1 aromatic carbocycles. The molecule has 1 heterocycles. The summed E-state index contributed by atoms with van der Waals surface area (Å²) in [6, 6.07) is 7.63. The number of nitrogens with one attached hydrogen (secondary N) is 1. The minimum absolute atomic E-state index is 0.0681. The van der Waals surface area contributed by atoms with Crippen molar-refractivity contribution in [2.45, 2.75) is 66.4 Å². The van der Waals surface area contributed by atoms with E-state index in [1.807, 2.05) is 52.0 Å². The maximum absolute atomic E-state index is 13.3. The van der Waals surface area contributed by atoms with Crippen molar-refractivity contribution in [3.05, 3.63) is 52.4 Å². The normalized spacial score (nSPS) is 20.2. The average molecular weight is 442 g/mol. The van der Waals surface area contributed by atoms with Gasteiger partial charge in [-0.05, 0) is 57.2 Å². The molecule has 0 fully saturated rings. The standard InChI is InChI=1S/C26H35NO5/c1-7-30-19-10-8-18(9-11-19)23-22(25(29)32-13-12-31-16(2)3)17(4)27-20-14-26(5,6)15-21(28)24(20)23/h8-11,16,23,27H,7,12-15H2,1-6H3/t23-/m1/s1. The molecular weight excluding hydrogens is 406 g/mol. The number of hydrogen-bond acceptors (Lipinski definition) is 6. The largest absolute Gasteiger partial charge is 0.494 e. The average Bonchev–Trinajstić information content (AvgIpc) is 2.69. The molecule has 32 heavy (non-hydrogen) atoms. The minimum atomic E-state index is -0.468. The van der Waals surface area contributed by atoms with Crippen LogP contribution in [0.25, 0.3) is 0 Å². The second-order valence-electron chi connectivity index (χ2n) is 9.49. The first-order valence-corrected chi connectivity index (χ1v) is 11.4. The Balaban J connectivity index is 1.97. The highest BCUT2D eigenvalue weighted by Crippen LogP contribution is 2.46. The number of carbonyl (C=O) groups is 2. The van der Waals surface area contributed by atoms with E-state index in [0.29, 0.717) is 30.8 Å². The molecule has 3 rings (SSSR count). The van der Waals surface area contributed by atoms with E-state index in [0.717, 1.165) is 29.1 Å². The zero-order valence-corrected chi connectivity index (χ0v) is 20.0. The van der Waals surface area contributed by atoms with E-state index < -0.39 is 11.9 Å². The summed E-state index contributed by atoms with van der Waals surface area (Å²) in [6.45, 7) is 12.9. The smallest absolute Gasteiger partial charge is 0.336 e. The molecule has 0 saturated heterocycles. The summed E-state index contributed by atoms with van der Waals surface area (Å²) in [7, 11) is 0. The van der Waals surface area contributed by atoms with Gasteiger partial charge >= 0.3 is 5.97 Å². The maximum atomic E-state index is 13.3. The molecule has 6 heteroatoms. The summed E-state index contributed by atoms with van der Waals surface area (Å²) >= 11 is 0. The van der Waals surface area contributed by atoms with Gasteiger partial charge in [0.25, 0.3) is 0 Å². The SMILES string of the molecule is CCOc1ccc([C@@H]2C(C(=O)OCCOC(C)C)=C(C)NC3=C2C(=O)CC(C)(C)C3)cc1. The highest BCUT2D eigenvalue weighted by Gasteiger charge is 2.43. The second-order valence-corrected chi connectivity index (χ2v) is 9.49. The first-order chi connectivity index (χ1) is 15.1. The number of rotatable bonds is 8. The molecule has 0 amide bonds. The zero-order valence-electron chi connectivity index (χ0n) is 20.0. The van der Waals surface area contributed by atoms with Crippen LogP contribution in [0.4, 0.5) is 0 Å². The van der Waals surface area contributed by atoms with Crippen LogP contribution < -0.4 is 10.1 Å². The number of carbonyl (C=O) groups excluding carboxylic acids is 2. The van der Waals surface area contributed by atoms with Gasteiger partial charge in [-0.3, -0.25) is 4.79 Å². The van der Waals surface area contributed by atoms with Gasteiger partial charge in [0.15, 0.2) is 5.78 Å². The zero-order chi connectivity index (χ0) is 23.5. The van der Waals surface area contributed by atoms with Crippen LogP contribution in [0, 0.1) is 5.41 Å². The molecular formula is C26H35NO5. The van der Waals surface area contributed by atoms with Gasteiger partial charge in [-0.1, -0.05) is 26.0 Å². The van der Waals surface area contributed by atoms with E-state index in [9.17, 15) is 9.59 Å². The predicted octanol–water partition coefficient (Wildman–Crippen LogP) is 4.66. The number of Topliss-reactive ketones (excluding diaryl/α,β-unsaturated/α-hetero) is 1. The van der Waals surface area contributed by atoms with E-state index in [1.54, 1.807) is 0 Å². The molecule has 1 aliphatic heterocycles. The number of ether oxygens (including phenoxy) is 3. The summed E-state index contributed by atoms with van der Waals surface area (Å²) in [4.78, 5) is 26.5. The molecule has 0 unspecified atom stereocenters. The van der Waals surface area contributed by atoms with Crippen LogP contribution in [0.3, 0.4) is 0 Å². The maximum Gasteiger partial charge on any atom is 0.336 e. The molecule has 0 bridgehead atoms. The number of esters is 1. The number of benzene rings is 1. The van der Waals surface area contributed by atoms with Gasteiger partial charge in [-0.25, -0.2) is 4.79 Å². The van der Waals surface area contributed by atoms with Crippen LogP contribution in [0.1, 0.15) is 65.9 Å². The summed E-state index contributed by atoms with van der Waals surface area (Å²) in [6.07, 6.45) is 1.27. The monoisotopic (exact) mass is 441 g/mol. The lowest BCUT2D eigenvalue weighted by Gasteiger charge is -2.39. The van der Waals surface area contributed by atoms with Crippen LogP contribution in [0.2, 0.25) is 0 Å². The van der Waals surface area contributed by atoms with Crippen LogP contribution in [0.15, 0.2) is 46.8 Å². The van der Waals surface area contributed by atoms with Crippen molar-refractivity contribution in [3.8, 4) is 5.75 Å². The van der Waals surface area contributed by atoms with Gasteiger partial charge in [-0.15, -0.1) is 0 Å². The van der Waals surface area contributed by atoms with E-state index in [4.69, 9.17) is 14.2 Å². The molecule has 0 aromatic heterocycles. The van der Waals surface area contributed by atoms with Crippen LogP contribution in [-0.2, 0) is 19.1 Å². The molecule has 1 atom stereocenters. The lowest BCUT2D eigenvalue weighted by Crippen LogP contribution is -2.38. The Hall–Kier alpha value is -2.60. The molecule has 2 aliphatic rings. The molecule has 1 N–H and O–H groups in total. The van der Waals surface area contributed by atoms with Crippen LogP contribution >= 0.6 is 0 Å². The number of allylic oxidation sites excluding steroid dienone is 3. The lowest BCUT2D eigenvalue weighted by atomic mass is 9.68. The van der Waals surface area contributed by atoms with Crippen molar-refractivity contribution >= 4 is 11.8 Å². The van der Waals surface area contributed by atoms with Gasteiger partial charge in [0, 0.05) is 29.3 Å². The molecule has 1 aromatic rings. The third-order valence-electron chi connectivity index (χ3n) is 5.75. The Morgan fingerprint density at radius 2 is 1.84 bits per heavy atom. The van der Waals surface area contributed by atoms with Gasteiger partial charge in [0.05, 0.1) is 24.9 Å². The predicted molar refractivity (Wildman–Crippen MR) is 123 cm³/mol. The van der Waals surface area contributed by atoms with Crippen molar-refractivity contribution < 1.29 is 23.8 Å². The van der Waals surface area contributed by atoms with Crippen LogP contribution in [0.5, 0.6) is 5.75 Å². The van der Waals surface area contributed by atoms with E-state index in [1.165, 1.54) is 0 Å². The van der Waals surface area contributed by atoms with Crippen molar-refractivity contribution in [1.82, 2.24) is 5.32 Å². The fourth-order valence-electron chi connectivity index (χ4n) is 4.46. The summed E-state index contributed by atoms with van der Waals surface area (Å²) < 4.78 is 16.6. The first kappa shape index (κ1) is 24.1. The highest BCUT2D eigenvalue weighted by molar-refractivity contribution is 6.04. The van der Waals surface area contributed by atoms with Crippen molar-refractivity contribution in [1.29, 1.82) is 0 Å². The molecule has 0 saturated carbocycles. The Kier molecular flexibility index (Phi) is 7.44. The van der Waals surface area contributed by atoms with E-state index in [2.05, 4.69) is 19.2 Å². The van der Waals surface area contributed by atoms with Crippen LogP contribution in [-0.4, -0.2) is 37.7 Å². The third kappa shape index (κ3) is 5.41. The second kappa shape index (κ2) is 9.90.